The number of carboxylic acids is 1. The van der Waals surface area contributed by atoms with Gasteiger partial charge in [-0.25, -0.2) is 14.4 Å². The summed E-state index contributed by atoms with van der Waals surface area (Å²) in [5.74, 6) is -2.77. The van der Waals surface area contributed by atoms with Gasteiger partial charge in [0, 0.05) is 44.4 Å². The minimum Gasteiger partial charge on any atom is -0.478 e. The maximum absolute atomic E-state index is 13.8. The number of ether oxygens (including phenoxy) is 2. The van der Waals surface area contributed by atoms with Gasteiger partial charge < -0.3 is 50.1 Å². The molecule has 0 aliphatic carbocycles. The van der Waals surface area contributed by atoms with E-state index < -0.39 is 52.4 Å². The Labute approximate surface area is 583 Å². The highest BCUT2D eigenvalue weighted by atomic mass is 16.5. The second kappa shape index (κ2) is 39.0. The van der Waals surface area contributed by atoms with Crippen LogP contribution in [0.25, 0.3) is 0 Å². The van der Waals surface area contributed by atoms with Gasteiger partial charge in [0.05, 0.1) is 50.0 Å². The van der Waals surface area contributed by atoms with Crippen LogP contribution in [0.2, 0.25) is 0 Å². The van der Waals surface area contributed by atoms with E-state index in [-0.39, 0.29) is 107 Å². The van der Waals surface area contributed by atoms with E-state index in [1.54, 1.807) is 73.7 Å². The molecule has 4 N–H and O–H groups in total. The molecule has 0 radical (unpaired) electrons. The van der Waals surface area contributed by atoms with Crippen molar-refractivity contribution in [1.29, 1.82) is 0 Å². The van der Waals surface area contributed by atoms with Crippen LogP contribution in [0.4, 0.5) is 0 Å². The fraction of sp³-hybridized carbons (Fsp3) is 0.784. The number of nitrogens with one attached hydrogen (secondary N) is 3. The molecule has 4 rings (SSSR count). The number of carbonyl (C=O) groups excluding carboxylic acids is 9. The Hall–Kier alpha value is -6.20. The fourth-order valence-electron chi connectivity index (χ4n) is 13.0. The van der Waals surface area contributed by atoms with Crippen molar-refractivity contribution in [3.8, 4) is 0 Å². The predicted octanol–water partition coefficient (Wildman–Crippen LogP) is 8.10. The summed E-state index contributed by atoms with van der Waals surface area (Å²) in [6.07, 6.45) is 15.2. The summed E-state index contributed by atoms with van der Waals surface area (Å²) in [5.41, 5.74) is -0.303. The lowest BCUT2D eigenvalue weighted by molar-refractivity contribution is -0.149. The van der Waals surface area contributed by atoms with Gasteiger partial charge in [-0.3, -0.25) is 48.3 Å². The standard InChI is InChI=1S/C28H48N4O5.C24H43N3O4.C22H39N3O4/c1-18(2)22(17-19(3)25(34)32-16-12-14-21(32)27(36)37-9)31(8)26(35)23(28(4,5)6)29-24(33)20-13-10-11-15-30(20)7;1-10-31-23(30)17(4)15-19(16(2)3)27(9)22(29)20(24(5,6)7)25-21(28)18-13-11-12-14-26(18)8;1-14(2)17(13-15(3)21(28)29)25(8)20(27)18(22(4,5)6)23-19(26)16-11-9-10-12-24(16)7/h17-18,20-23H,10-16H2,1-9H3,(H,29,33);15-16,18-20H,10-14H2,1-9H3,(H,25,28);13-14,16-18H,9-12H2,1-8H3,(H,23,26)(H,28,29)/b19-17+;17-15+;15-13+/t20?,21-,22+,23+;18?,19-,20-;16?,17-,18-/m011/s1. The molecule has 0 aromatic heterocycles. The molecule has 0 spiro atoms. The maximum atomic E-state index is 13.8. The smallest absolute Gasteiger partial charge is 0.333 e. The summed E-state index contributed by atoms with van der Waals surface area (Å²) < 4.78 is 9.96. The van der Waals surface area contributed by atoms with E-state index in [0.717, 1.165) is 83.8 Å². The Morgan fingerprint density at radius 2 is 0.773 bits per heavy atom. The van der Waals surface area contributed by atoms with Gasteiger partial charge in [-0.2, -0.15) is 0 Å². The quantitative estimate of drug-likeness (QED) is 0.0556. The third kappa shape index (κ3) is 25.8. The summed E-state index contributed by atoms with van der Waals surface area (Å²) in [6.45, 7) is 39.5. The number of esters is 2. The van der Waals surface area contributed by atoms with E-state index in [1.165, 1.54) is 14.0 Å². The van der Waals surface area contributed by atoms with Crippen molar-refractivity contribution in [2.45, 2.75) is 263 Å². The minimum atomic E-state index is -1.00. The Kier molecular flexibility index (Phi) is 34.9. The summed E-state index contributed by atoms with van der Waals surface area (Å²) in [4.78, 5) is 141. The highest BCUT2D eigenvalue weighted by Crippen LogP contribution is 2.30. The van der Waals surface area contributed by atoms with Crippen molar-refractivity contribution in [2.75, 3.05) is 82.2 Å². The highest BCUT2D eigenvalue weighted by molar-refractivity contribution is 5.97. The number of carboxylic acid groups (broad SMARTS) is 1. The van der Waals surface area contributed by atoms with Gasteiger partial charge in [-0.1, -0.05) is 141 Å². The molecule has 4 saturated heterocycles. The number of methoxy groups -OCH3 is 1. The van der Waals surface area contributed by atoms with E-state index in [1.807, 2.05) is 136 Å². The molecule has 0 bridgehead atoms. The largest absolute Gasteiger partial charge is 0.478 e. The first-order valence-electron chi connectivity index (χ1n) is 35.4. The first-order valence-corrected chi connectivity index (χ1v) is 35.4. The van der Waals surface area contributed by atoms with E-state index in [4.69, 9.17) is 9.47 Å². The van der Waals surface area contributed by atoms with E-state index in [9.17, 15) is 53.1 Å². The second-order valence-electron chi connectivity index (χ2n) is 31.7. The van der Waals surface area contributed by atoms with Crippen molar-refractivity contribution in [3.63, 3.8) is 0 Å². The lowest BCUT2D eigenvalue weighted by Gasteiger charge is -2.39. The zero-order chi connectivity index (χ0) is 74.5. The summed E-state index contributed by atoms with van der Waals surface area (Å²) in [7, 11) is 12.3. The summed E-state index contributed by atoms with van der Waals surface area (Å²) in [6, 6.07) is -4.35. The first kappa shape index (κ1) is 86.9. The maximum Gasteiger partial charge on any atom is 0.333 e. The number of amides is 7. The van der Waals surface area contributed by atoms with Crippen molar-refractivity contribution < 1.29 is 62.5 Å². The molecule has 97 heavy (non-hydrogen) atoms. The predicted molar refractivity (Wildman–Crippen MR) is 381 cm³/mol. The Balaban J connectivity index is 0.000000500. The van der Waals surface area contributed by atoms with Crippen molar-refractivity contribution in [1.82, 2.24) is 50.2 Å². The van der Waals surface area contributed by atoms with E-state index in [2.05, 4.69) is 25.8 Å². The van der Waals surface area contributed by atoms with Crippen LogP contribution in [0.5, 0.6) is 0 Å². The zero-order valence-electron chi connectivity index (χ0n) is 64.5. The van der Waals surface area contributed by atoms with Gasteiger partial charge in [0.1, 0.15) is 24.2 Å². The number of nitrogens with zero attached hydrogens (tertiary/aromatic N) is 7. The highest BCUT2D eigenvalue weighted by Gasteiger charge is 2.43. The number of likely N-dealkylation sites (tertiary alicyclic amines) is 4. The summed E-state index contributed by atoms with van der Waals surface area (Å²) in [5, 5.41) is 18.3. The number of piperidine rings is 3. The van der Waals surface area contributed by atoms with Crippen LogP contribution in [-0.4, -0.2) is 241 Å². The Bertz CT molecular complexity index is 2760. The summed E-state index contributed by atoms with van der Waals surface area (Å²) >= 11 is 0. The molecule has 4 heterocycles. The number of rotatable bonds is 23. The van der Waals surface area contributed by atoms with Crippen LogP contribution in [0, 0.1) is 34.0 Å². The normalized spacial score (nSPS) is 21.5. The molecule has 554 valence electrons. The second-order valence-corrected chi connectivity index (χ2v) is 31.7. The number of hydrogen-bond acceptors (Lipinski definition) is 15. The third-order valence-electron chi connectivity index (χ3n) is 19.4. The number of hydrogen-bond donors (Lipinski definition) is 4. The van der Waals surface area contributed by atoms with E-state index >= 15 is 0 Å². The average Bonchev–Trinajstić information content (AvgIpc) is 0.989. The van der Waals surface area contributed by atoms with Crippen LogP contribution in [-0.2, 0) is 57.4 Å². The van der Waals surface area contributed by atoms with Crippen LogP contribution in [0.15, 0.2) is 34.9 Å². The molecule has 10 atom stereocenters. The van der Waals surface area contributed by atoms with Crippen LogP contribution >= 0.6 is 0 Å². The molecule has 0 aromatic carbocycles. The van der Waals surface area contributed by atoms with Crippen molar-refractivity contribution in [3.05, 3.63) is 34.9 Å². The topological polar surface area (TPSA) is 268 Å². The molecule has 3 unspecified atom stereocenters. The average molecular weight is 1370 g/mol. The zero-order valence-corrected chi connectivity index (χ0v) is 64.5. The SMILES string of the molecule is C/C(=C\[C@H](C(C)C)N(C)C(=O)[C@@H](NC(=O)C1CCCCN1C)C(C)(C)C)C(=O)O.CCOC(=O)/C(C)=C/[C@H](C(C)C)N(C)C(=O)[C@@H](NC(=O)C1CCCCN1C)C(C)(C)C.COC(=O)[C@@H]1CCCN1C(=O)/C(C)=C/[C@H](C(C)C)N(C)C(=O)[C@@H](NC(=O)C1CCCCN1C)C(C)(C)C. The van der Waals surface area contributed by atoms with Gasteiger partial charge in [-0.15, -0.1) is 0 Å². The molecule has 7 amide bonds. The molecule has 23 nitrogen and oxygen atoms in total. The van der Waals surface area contributed by atoms with Crippen LogP contribution in [0.1, 0.15) is 202 Å². The monoisotopic (exact) mass is 1370 g/mol. The third-order valence-corrected chi connectivity index (χ3v) is 19.4. The first-order chi connectivity index (χ1) is 44.8. The fourth-order valence-corrected chi connectivity index (χ4v) is 13.0. The van der Waals surface area contributed by atoms with E-state index in [0.29, 0.717) is 30.7 Å². The number of aliphatic carboxylic acids is 1. The van der Waals surface area contributed by atoms with Gasteiger partial charge in [0.2, 0.25) is 41.4 Å². The molecular weight excluding hydrogens is 1240 g/mol. The van der Waals surface area contributed by atoms with Gasteiger partial charge in [-0.05, 0) is 154 Å². The van der Waals surface area contributed by atoms with Crippen LogP contribution in [0.3, 0.4) is 0 Å². The van der Waals surface area contributed by atoms with Crippen molar-refractivity contribution >= 4 is 59.3 Å². The van der Waals surface area contributed by atoms with Gasteiger partial charge in [0.15, 0.2) is 0 Å². The lowest BCUT2D eigenvalue weighted by Crippen LogP contribution is -2.59. The van der Waals surface area contributed by atoms with Gasteiger partial charge >= 0.3 is 17.9 Å². The molecular formula is C74H130N10O13. The minimum absolute atomic E-state index is 0.0208. The number of likely N-dealkylation sites (N-methyl/N-ethyl adjacent to an activating group) is 6. The molecule has 23 heteroatoms. The molecule has 4 aliphatic heterocycles. The lowest BCUT2D eigenvalue weighted by atomic mass is 9.84. The molecule has 0 saturated carbocycles. The van der Waals surface area contributed by atoms with Crippen LogP contribution < -0.4 is 16.0 Å². The Morgan fingerprint density at radius 3 is 1.04 bits per heavy atom. The molecule has 4 fully saturated rings. The molecule has 4 aliphatic rings. The Morgan fingerprint density at radius 1 is 0.474 bits per heavy atom. The van der Waals surface area contributed by atoms with Gasteiger partial charge in [0.25, 0.3) is 0 Å². The number of carbonyl (C=O) groups is 10. The molecule has 0 aromatic rings. The van der Waals surface area contributed by atoms with Crippen molar-refractivity contribution in [2.24, 2.45) is 34.0 Å².